The summed E-state index contributed by atoms with van der Waals surface area (Å²) in [7, 11) is 1.69. The lowest BCUT2D eigenvalue weighted by Gasteiger charge is -2.25. The molecule has 1 spiro atoms. The van der Waals surface area contributed by atoms with Crippen molar-refractivity contribution in [2.24, 2.45) is 0 Å². The summed E-state index contributed by atoms with van der Waals surface area (Å²) < 4.78 is 5.22. The topological polar surface area (TPSA) is 41.6 Å². The van der Waals surface area contributed by atoms with E-state index in [4.69, 9.17) is 4.74 Å². The van der Waals surface area contributed by atoms with Crippen LogP contribution in [0.2, 0.25) is 0 Å². The number of hydrogen-bond acceptors (Lipinski definition) is 3. The van der Waals surface area contributed by atoms with Crippen LogP contribution in [-0.4, -0.2) is 42.3 Å². The van der Waals surface area contributed by atoms with Gasteiger partial charge >= 0.3 is 0 Å². The number of nitrogens with zero attached hydrogens (tertiary/aromatic N) is 1. The fourth-order valence-electron chi connectivity index (χ4n) is 2.24. The Morgan fingerprint density at radius 2 is 2.33 bits per heavy atom. The first-order chi connectivity index (χ1) is 7.13. The number of amides is 1. The van der Waals surface area contributed by atoms with Gasteiger partial charge in [-0.1, -0.05) is 6.92 Å². The van der Waals surface area contributed by atoms with E-state index in [1.54, 1.807) is 7.11 Å². The lowest BCUT2D eigenvalue weighted by molar-refractivity contribution is -0.132. The molecule has 2 unspecified atom stereocenters. The average molecular weight is 212 g/mol. The molecule has 4 heteroatoms. The highest BCUT2D eigenvalue weighted by atomic mass is 16.5. The van der Waals surface area contributed by atoms with Crippen molar-refractivity contribution in [1.29, 1.82) is 0 Å². The summed E-state index contributed by atoms with van der Waals surface area (Å²) in [5, 5.41) is 3.44. The summed E-state index contributed by atoms with van der Waals surface area (Å²) in [6, 6.07) is 0. The van der Waals surface area contributed by atoms with Crippen LogP contribution in [0.4, 0.5) is 0 Å². The van der Waals surface area contributed by atoms with Crippen LogP contribution in [0.25, 0.3) is 0 Å². The van der Waals surface area contributed by atoms with Gasteiger partial charge in [-0.2, -0.15) is 0 Å². The number of nitrogens with one attached hydrogen (secondary N) is 1. The fraction of sp³-hybridized carbons (Fsp3) is 0.909. The summed E-state index contributed by atoms with van der Waals surface area (Å²) in [5.74, 6) is 0.276. The smallest absolute Gasteiger partial charge is 0.244 e. The van der Waals surface area contributed by atoms with Crippen molar-refractivity contribution in [3.05, 3.63) is 0 Å². The largest absolute Gasteiger partial charge is 0.380 e. The van der Waals surface area contributed by atoms with E-state index in [2.05, 4.69) is 12.2 Å². The van der Waals surface area contributed by atoms with Crippen molar-refractivity contribution in [1.82, 2.24) is 10.2 Å². The van der Waals surface area contributed by atoms with Crippen LogP contribution in [0.3, 0.4) is 0 Å². The summed E-state index contributed by atoms with van der Waals surface area (Å²) in [6.07, 6.45) is 3.28. The molecule has 0 aromatic heterocycles. The average Bonchev–Trinajstić information content (AvgIpc) is 2.97. The second-order valence-electron chi connectivity index (χ2n) is 4.65. The zero-order chi connectivity index (χ0) is 11.1. The second-order valence-corrected chi connectivity index (χ2v) is 4.65. The Morgan fingerprint density at radius 1 is 1.67 bits per heavy atom. The number of methoxy groups -OCH3 is 1. The van der Waals surface area contributed by atoms with Gasteiger partial charge < -0.3 is 9.64 Å². The van der Waals surface area contributed by atoms with Gasteiger partial charge in [0, 0.05) is 13.7 Å². The van der Waals surface area contributed by atoms with Crippen molar-refractivity contribution in [2.45, 2.75) is 50.9 Å². The van der Waals surface area contributed by atoms with Gasteiger partial charge in [0.05, 0.1) is 17.8 Å². The maximum Gasteiger partial charge on any atom is 0.244 e. The van der Waals surface area contributed by atoms with Crippen LogP contribution in [0.5, 0.6) is 0 Å². The van der Waals surface area contributed by atoms with Gasteiger partial charge in [0.1, 0.15) is 0 Å². The molecular formula is C11H20N2O2. The molecule has 2 atom stereocenters. The molecule has 1 saturated heterocycles. The molecule has 0 radical (unpaired) electrons. The van der Waals surface area contributed by atoms with Gasteiger partial charge in [0.2, 0.25) is 5.91 Å². The van der Waals surface area contributed by atoms with Crippen molar-refractivity contribution in [3.63, 3.8) is 0 Å². The van der Waals surface area contributed by atoms with E-state index in [1.165, 1.54) is 0 Å². The van der Waals surface area contributed by atoms with E-state index in [0.29, 0.717) is 6.54 Å². The Kier molecular flexibility index (Phi) is 2.73. The molecular weight excluding hydrogens is 192 g/mol. The van der Waals surface area contributed by atoms with Crippen molar-refractivity contribution < 1.29 is 9.53 Å². The van der Waals surface area contributed by atoms with Crippen LogP contribution in [0, 0.1) is 0 Å². The Balaban J connectivity index is 2.04. The van der Waals surface area contributed by atoms with Gasteiger partial charge in [-0.3, -0.25) is 10.1 Å². The van der Waals surface area contributed by atoms with E-state index in [-0.39, 0.29) is 23.7 Å². The first kappa shape index (κ1) is 10.9. The molecule has 2 fully saturated rings. The van der Waals surface area contributed by atoms with E-state index in [9.17, 15) is 4.79 Å². The number of carbonyl (C=O) groups is 1. The number of rotatable bonds is 4. The monoisotopic (exact) mass is 212 g/mol. The first-order valence-corrected chi connectivity index (χ1v) is 5.74. The Labute approximate surface area is 91.0 Å². The fourth-order valence-corrected chi connectivity index (χ4v) is 2.24. The zero-order valence-electron chi connectivity index (χ0n) is 9.75. The molecule has 1 N–H and O–H groups in total. The molecule has 1 saturated carbocycles. The highest BCUT2D eigenvalue weighted by molar-refractivity contribution is 5.91. The van der Waals surface area contributed by atoms with Crippen LogP contribution >= 0.6 is 0 Å². The van der Waals surface area contributed by atoms with Gasteiger partial charge in [0.15, 0.2) is 0 Å². The predicted octanol–water partition coefficient (Wildman–Crippen LogP) is 0.722. The third-order valence-corrected chi connectivity index (χ3v) is 3.48. The van der Waals surface area contributed by atoms with E-state index >= 15 is 0 Å². The van der Waals surface area contributed by atoms with Gasteiger partial charge in [-0.25, -0.2) is 0 Å². The molecule has 4 nitrogen and oxygen atoms in total. The quantitative estimate of drug-likeness (QED) is 0.746. The number of hydrogen-bond donors (Lipinski definition) is 1. The highest BCUT2D eigenvalue weighted by Crippen LogP contribution is 2.42. The van der Waals surface area contributed by atoms with E-state index < -0.39 is 0 Å². The second kappa shape index (κ2) is 3.76. The van der Waals surface area contributed by atoms with Gasteiger partial charge in [0.25, 0.3) is 0 Å². The lowest BCUT2D eigenvalue weighted by atomic mass is 10.2. The molecule has 2 aliphatic rings. The third-order valence-electron chi connectivity index (χ3n) is 3.48. The molecule has 0 aromatic carbocycles. The van der Waals surface area contributed by atoms with E-state index in [0.717, 1.165) is 19.3 Å². The highest BCUT2D eigenvalue weighted by Gasteiger charge is 2.58. The first-order valence-electron chi connectivity index (χ1n) is 5.74. The van der Waals surface area contributed by atoms with Gasteiger partial charge in [-0.05, 0) is 26.2 Å². The molecule has 1 aliphatic carbocycles. The van der Waals surface area contributed by atoms with E-state index in [1.807, 2.05) is 11.8 Å². The summed E-state index contributed by atoms with van der Waals surface area (Å²) >= 11 is 0. The van der Waals surface area contributed by atoms with Crippen LogP contribution in [-0.2, 0) is 9.53 Å². The minimum atomic E-state index is -0.186. The minimum absolute atomic E-state index is 0.110. The van der Waals surface area contributed by atoms with Crippen molar-refractivity contribution in [3.8, 4) is 0 Å². The van der Waals surface area contributed by atoms with Crippen molar-refractivity contribution in [2.75, 3.05) is 13.7 Å². The molecule has 2 rings (SSSR count). The number of carbonyl (C=O) groups excluding carboxylic acids is 1. The zero-order valence-corrected chi connectivity index (χ0v) is 9.75. The summed E-state index contributed by atoms with van der Waals surface area (Å²) in [6.45, 7) is 4.80. The third kappa shape index (κ3) is 1.76. The molecule has 86 valence electrons. The lowest BCUT2D eigenvalue weighted by Crippen LogP contribution is -2.41. The maximum absolute atomic E-state index is 12.1. The number of ether oxygens (including phenoxy) is 1. The van der Waals surface area contributed by atoms with Crippen LogP contribution in [0.1, 0.15) is 33.1 Å². The molecule has 0 aromatic rings. The SMILES string of the molecule is CCC1NC2(CC2)C(=O)N1CC(C)OC. The molecule has 1 heterocycles. The summed E-state index contributed by atoms with van der Waals surface area (Å²) in [4.78, 5) is 14.1. The van der Waals surface area contributed by atoms with Crippen molar-refractivity contribution >= 4 is 5.91 Å². The standard InChI is InChI=1S/C11H20N2O2/c1-4-9-12-11(5-6-11)10(14)13(9)7-8(2)15-3/h8-9,12H,4-7H2,1-3H3. The van der Waals surface area contributed by atoms with Crippen LogP contribution in [0.15, 0.2) is 0 Å². The predicted molar refractivity (Wildman–Crippen MR) is 57.4 cm³/mol. The molecule has 1 amide bonds. The van der Waals surface area contributed by atoms with Gasteiger partial charge in [-0.15, -0.1) is 0 Å². The van der Waals surface area contributed by atoms with Crippen LogP contribution < -0.4 is 5.32 Å². The Bertz CT molecular complexity index is 263. The molecule has 15 heavy (non-hydrogen) atoms. The Morgan fingerprint density at radius 3 is 2.80 bits per heavy atom. The Hall–Kier alpha value is -0.610. The normalized spacial score (nSPS) is 29.9. The summed E-state index contributed by atoms with van der Waals surface area (Å²) in [5.41, 5.74) is -0.186. The minimum Gasteiger partial charge on any atom is -0.380 e. The maximum atomic E-state index is 12.1. The molecule has 1 aliphatic heterocycles. The molecule has 0 bridgehead atoms.